The number of halogens is 1. The molecule has 88 valence electrons. The molecule has 2 rings (SSSR count). The second kappa shape index (κ2) is 5.15. The number of pyridine rings is 1. The average Bonchev–Trinajstić information content (AvgIpc) is 2.28. The molecule has 0 bridgehead atoms. The monoisotopic (exact) mass is 284 g/mol. The largest absolute Gasteiger partial charge is 0.375 e. The summed E-state index contributed by atoms with van der Waals surface area (Å²) in [5.74, 6) is 1.10. The molecule has 1 saturated heterocycles. The third kappa shape index (κ3) is 2.55. The van der Waals surface area contributed by atoms with Crippen LogP contribution in [-0.4, -0.2) is 30.8 Å². The summed E-state index contributed by atoms with van der Waals surface area (Å²) in [6.45, 7) is 6.89. The predicted octanol–water partition coefficient (Wildman–Crippen LogP) is 2.51. The molecule has 3 nitrogen and oxygen atoms in total. The first-order valence-electron chi connectivity index (χ1n) is 5.58. The van der Waals surface area contributed by atoms with Gasteiger partial charge in [-0.1, -0.05) is 22.0 Å². The zero-order valence-corrected chi connectivity index (χ0v) is 11.3. The van der Waals surface area contributed by atoms with Crippen LogP contribution in [0.1, 0.15) is 18.1 Å². The van der Waals surface area contributed by atoms with Crippen LogP contribution in [0.25, 0.3) is 0 Å². The van der Waals surface area contributed by atoms with E-state index >= 15 is 0 Å². The van der Waals surface area contributed by atoms with E-state index in [-0.39, 0.29) is 0 Å². The van der Waals surface area contributed by atoms with Crippen molar-refractivity contribution in [1.29, 1.82) is 0 Å². The Bertz CT molecular complexity index is 370. The van der Waals surface area contributed by atoms with Crippen molar-refractivity contribution >= 4 is 21.7 Å². The molecule has 1 aromatic heterocycles. The quantitative estimate of drug-likeness (QED) is 0.781. The lowest BCUT2D eigenvalue weighted by Gasteiger charge is -2.33. The highest BCUT2D eigenvalue weighted by molar-refractivity contribution is 9.08. The molecule has 1 aliphatic rings. The molecular formula is C12H17BrN2O. The molecule has 0 aromatic carbocycles. The van der Waals surface area contributed by atoms with E-state index in [0.29, 0.717) is 6.10 Å². The molecule has 4 heteroatoms. The van der Waals surface area contributed by atoms with Gasteiger partial charge in [0.05, 0.1) is 12.7 Å². The van der Waals surface area contributed by atoms with Gasteiger partial charge in [0.25, 0.3) is 0 Å². The van der Waals surface area contributed by atoms with Gasteiger partial charge in [-0.3, -0.25) is 0 Å². The fraction of sp³-hybridized carbons (Fsp3) is 0.583. The summed E-state index contributed by atoms with van der Waals surface area (Å²) in [4.78, 5) is 6.85. The minimum absolute atomic E-state index is 0.297. The summed E-state index contributed by atoms with van der Waals surface area (Å²) in [5, 5.41) is 0.862. The molecular weight excluding hydrogens is 268 g/mol. The van der Waals surface area contributed by atoms with Gasteiger partial charge >= 0.3 is 0 Å². The number of aromatic nitrogens is 1. The number of hydrogen-bond acceptors (Lipinski definition) is 3. The third-order valence-corrected chi connectivity index (χ3v) is 3.45. The summed E-state index contributed by atoms with van der Waals surface area (Å²) in [7, 11) is 0. The van der Waals surface area contributed by atoms with Crippen LogP contribution < -0.4 is 4.90 Å². The van der Waals surface area contributed by atoms with Crippen LogP contribution in [0.4, 0.5) is 5.82 Å². The standard InChI is InChI=1S/C12H17BrN2O/c1-9-5-11(6-13)7-14-12(9)15-3-4-16-10(2)8-15/h5,7,10H,3-4,6,8H2,1-2H3. The van der Waals surface area contributed by atoms with Crippen molar-refractivity contribution in [2.75, 3.05) is 24.6 Å². The second-order valence-electron chi connectivity index (χ2n) is 4.25. The van der Waals surface area contributed by atoms with Crippen molar-refractivity contribution in [3.63, 3.8) is 0 Å². The predicted molar refractivity (Wildman–Crippen MR) is 69.2 cm³/mol. The van der Waals surface area contributed by atoms with Crippen LogP contribution >= 0.6 is 15.9 Å². The lowest BCUT2D eigenvalue weighted by atomic mass is 10.2. The Morgan fingerprint density at radius 3 is 3.06 bits per heavy atom. The maximum absolute atomic E-state index is 5.54. The molecule has 0 amide bonds. The molecule has 16 heavy (non-hydrogen) atoms. The maximum atomic E-state index is 5.54. The van der Waals surface area contributed by atoms with Gasteiger partial charge in [-0.25, -0.2) is 4.98 Å². The molecule has 1 fully saturated rings. The Morgan fingerprint density at radius 1 is 1.62 bits per heavy atom. The van der Waals surface area contributed by atoms with Crippen LogP contribution in [0.15, 0.2) is 12.3 Å². The van der Waals surface area contributed by atoms with E-state index < -0.39 is 0 Å². The average molecular weight is 285 g/mol. The van der Waals surface area contributed by atoms with Gasteiger partial charge in [0, 0.05) is 24.6 Å². The number of ether oxygens (including phenoxy) is 1. The van der Waals surface area contributed by atoms with Gasteiger partial charge in [-0.2, -0.15) is 0 Å². The van der Waals surface area contributed by atoms with E-state index in [0.717, 1.165) is 30.8 Å². The fourth-order valence-corrected chi connectivity index (χ4v) is 2.35. The number of rotatable bonds is 2. The highest BCUT2D eigenvalue weighted by atomic mass is 79.9. The summed E-state index contributed by atoms with van der Waals surface area (Å²) < 4.78 is 5.54. The first kappa shape index (κ1) is 11.9. The van der Waals surface area contributed by atoms with E-state index in [1.54, 1.807) is 0 Å². The number of morpholine rings is 1. The number of hydrogen-bond donors (Lipinski definition) is 0. The molecule has 0 spiro atoms. The number of alkyl halides is 1. The van der Waals surface area contributed by atoms with Gasteiger partial charge in [-0.05, 0) is 25.0 Å². The molecule has 1 atom stereocenters. The van der Waals surface area contributed by atoms with Gasteiger partial charge in [0.2, 0.25) is 0 Å². The molecule has 0 saturated carbocycles. The van der Waals surface area contributed by atoms with Crippen molar-refractivity contribution < 1.29 is 4.74 Å². The minimum Gasteiger partial charge on any atom is -0.375 e. The maximum Gasteiger partial charge on any atom is 0.131 e. The van der Waals surface area contributed by atoms with E-state index in [2.05, 4.69) is 45.7 Å². The Balaban J connectivity index is 2.19. The van der Waals surface area contributed by atoms with Gasteiger partial charge in [0.15, 0.2) is 0 Å². The van der Waals surface area contributed by atoms with Crippen molar-refractivity contribution in [3.05, 3.63) is 23.4 Å². The lowest BCUT2D eigenvalue weighted by molar-refractivity contribution is 0.0529. The van der Waals surface area contributed by atoms with Crippen LogP contribution in [0, 0.1) is 6.92 Å². The second-order valence-corrected chi connectivity index (χ2v) is 4.81. The van der Waals surface area contributed by atoms with Gasteiger partial charge in [-0.15, -0.1) is 0 Å². The fourth-order valence-electron chi connectivity index (χ4n) is 2.04. The Morgan fingerprint density at radius 2 is 2.44 bits per heavy atom. The SMILES string of the molecule is Cc1cc(CBr)cnc1N1CCOC(C)C1. The summed E-state index contributed by atoms with van der Waals surface area (Å²) >= 11 is 3.45. The van der Waals surface area contributed by atoms with Crippen LogP contribution in [0.3, 0.4) is 0 Å². The van der Waals surface area contributed by atoms with E-state index in [4.69, 9.17) is 4.74 Å². The van der Waals surface area contributed by atoms with Crippen molar-refractivity contribution in [3.8, 4) is 0 Å². The molecule has 0 radical (unpaired) electrons. The third-order valence-electron chi connectivity index (χ3n) is 2.80. The van der Waals surface area contributed by atoms with Gasteiger partial charge < -0.3 is 9.64 Å². The van der Waals surface area contributed by atoms with E-state index in [9.17, 15) is 0 Å². The smallest absolute Gasteiger partial charge is 0.131 e. The molecule has 1 aliphatic heterocycles. The van der Waals surface area contributed by atoms with Crippen molar-refractivity contribution in [1.82, 2.24) is 4.98 Å². The van der Waals surface area contributed by atoms with Gasteiger partial charge in [0.1, 0.15) is 5.82 Å². The topological polar surface area (TPSA) is 25.4 Å². The Labute approximate surface area is 105 Å². The first-order valence-corrected chi connectivity index (χ1v) is 6.71. The zero-order chi connectivity index (χ0) is 11.5. The highest BCUT2D eigenvalue weighted by Crippen LogP contribution is 2.21. The minimum atomic E-state index is 0.297. The molecule has 0 N–H and O–H groups in total. The van der Waals surface area contributed by atoms with Crippen molar-refractivity contribution in [2.24, 2.45) is 0 Å². The normalized spacial score (nSPS) is 21.2. The summed E-state index contributed by atoms with van der Waals surface area (Å²) in [5.41, 5.74) is 2.47. The van der Waals surface area contributed by atoms with Crippen LogP contribution in [0.5, 0.6) is 0 Å². The van der Waals surface area contributed by atoms with E-state index in [1.165, 1.54) is 11.1 Å². The molecule has 1 unspecified atom stereocenters. The number of nitrogens with zero attached hydrogens (tertiary/aromatic N) is 2. The summed E-state index contributed by atoms with van der Waals surface area (Å²) in [6.07, 6.45) is 2.24. The first-order chi connectivity index (χ1) is 7.70. The van der Waals surface area contributed by atoms with Crippen LogP contribution in [-0.2, 0) is 10.1 Å². The Hall–Kier alpha value is -0.610. The lowest BCUT2D eigenvalue weighted by Crippen LogP contribution is -2.41. The summed E-state index contributed by atoms with van der Waals surface area (Å²) in [6, 6.07) is 2.19. The van der Waals surface area contributed by atoms with E-state index in [1.807, 2.05) is 6.20 Å². The highest BCUT2D eigenvalue weighted by Gasteiger charge is 2.19. The van der Waals surface area contributed by atoms with Crippen molar-refractivity contribution in [2.45, 2.75) is 25.3 Å². The molecule has 2 heterocycles. The number of anilines is 1. The Kier molecular flexibility index (Phi) is 3.82. The molecule has 0 aliphatic carbocycles. The molecule has 1 aromatic rings. The number of aryl methyl sites for hydroxylation is 1. The van der Waals surface area contributed by atoms with Crippen LogP contribution in [0.2, 0.25) is 0 Å². The zero-order valence-electron chi connectivity index (χ0n) is 9.74.